The Labute approximate surface area is 374 Å². The third-order valence-corrected chi connectivity index (χ3v) is 12.3. The van der Waals surface area contributed by atoms with Crippen molar-refractivity contribution in [1.29, 1.82) is 0 Å². The fraction of sp³-hybridized carbons (Fsp3) is 0.0714. The van der Waals surface area contributed by atoms with Gasteiger partial charge in [-0.2, -0.15) is 26.3 Å². The van der Waals surface area contributed by atoms with Gasteiger partial charge in [-0.25, -0.2) is 9.97 Å². The molecule has 322 valence electrons. The molecule has 0 radical (unpaired) electrons. The zero-order chi connectivity index (χ0) is 45.5. The molecule has 0 atom stereocenters. The lowest BCUT2D eigenvalue weighted by atomic mass is 9.97. The molecular formula is C56H36F6N4. The van der Waals surface area contributed by atoms with Gasteiger partial charge in [-0.05, 0) is 92.7 Å². The molecule has 0 unspecified atom stereocenters. The molecule has 11 aromatic rings. The summed E-state index contributed by atoms with van der Waals surface area (Å²) in [5.41, 5.74) is 9.66. The average molecular weight is 879 g/mol. The number of hydrogen-bond acceptors (Lipinski definition) is 2. The minimum Gasteiger partial charge on any atom is -0.309 e. The van der Waals surface area contributed by atoms with Crippen LogP contribution in [-0.2, 0) is 12.4 Å². The topological polar surface area (TPSA) is 35.6 Å². The molecule has 4 nitrogen and oxygen atoms in total. The van der Waals surface area contributed by atoms with Crippen LogP contribution in [0.3, 0.4) is 0 Å². The summed E-state index contributed by atoms with van der Waals surface area (Å²) in [6.07, 6.45) is -9.43. The SMILES string of the molecule is Cc1ccc2c(c1)c1cc(C)ccc1n2-c1cc(-c2cc(-c3ccccc3)nc(-c3ccccc3)n2)ccc1-c1ccccc1-n1c2ccc(C(F)(F)F)cc2c2cc(C(F)(F)F)ccc21. The summed E-state index contributed by atoms with van der Waals surface area (Å²) in [6, 6.07) is 54.6. The van der Waals surface area contributed by atoms with Gasteiger partial charge in [0, 0.05) is 49.4 Å². The first-order valence-electron chi connectivity index (χ1n) is 21.3. The minimum atomic E-state index is -4.72. The van der Waals surface area contributed by atoms with Crippen LogP contribution in [0.1, 0.15) is 22.3 Å². The minimum absolute atomic E-state index is 0.0524. The monoisotopic (exact) mass is 878 g/mol. The second-order valence-electron chi connectivity index (χ2n) is 16.6. The van der Waals surface area contributed by atoms with E-state index in [0.717, 1.165) is 90.8 Å². The van der Waals surface area contributed by atoms with Crippen LogP contribution in [0.4, 0.5) is 26.3 Å². The van der Waals surface area contributed by atoms with Gasteiger partial charge in [-0.1, -0.05) is 114 Å². The summed E-state index contributed by atoms with van der Waals surface area (Å²) in [5, 5.41) is 2.22. The van der Waals surface area contributed by atoms with E-state index >= 15 is 0 Å². The van der Waals surface area contributed by atoms with Crippen LogP contribution in [0.2, 0.25) is 0 Å². The summed E-state index contributed by atoms with van der Waals surface area (Å²) in [6.45, 7) is 4.12. The van der Waals surface area contributed by atoms with Crippen molar-refractivity contribution in [3.63, 3.8) is 0 Å². The average Bonchev–Trinajstić information content (AvgIpc) is 3.82. The van der Waals surface area contributed by atoms with E-state index in [2.05, 4.69) is 60.9 Å². The van der Waals surface area contributed by atoms with Gasteiger partial charge in [-0.3, -0.25) is 0 Å². The number of benzene rings is 8. The molecule has 3 heterocycles. The molecule has 66 heavy (non-hydrogen) atoms. The van der Waals surface area contributed by atoms with Crippen molar-refractivity contribution in [3.8, 4) is 56.4 Å². The summed E-state index contributed by atoms with van der Waals surface area (Å²) in [7, 11) is 0. The Balaban J connectivity index is 1.22. The Morgan fingerprint density at radius 2 is 0.803 bits per heavy atom. The molecule has 0 aliphatic heterocycles. The van der Waals surface area contributed by atoms with E-state index in [4.69, 9.17) is 9.97 Å². The molecule has 0 amide bonds. The highest BCUT2D eigenvalue weighted by Crippen LogP contribution is 2.44. The number of aromatic nitrogens is 4. The van der Waals surface area contributed by atoms with Gasteiger partial charge in [0.1, 0.15) is 0 Å². The predicted octanol–water partition coefficient (Wildman–Crippen LogP) is 16.0. The lowest BCUT2D eigenvalue weighted by molar-refractivity contribution is -0.138. The number of para-hydroxylation sites is 1. The van der Waals surface area contributed by atoms with Crippen molar-refractivity contribution in [3.05, 3.63) is 204 Å². The molecule has 0 aliphatic rings. The van der Waals surface area contributed by atoms with Crippen LogP contribution in [-0.4, -0.2) is 19.1 Å². The highest BCUT2D eigenvalue weighted by Gasteiger charge is 2.34. The van der Waals surface area contributed by atoms with E-state index in [1.165, 1.54) is 12.1 Å². The van der Waals surface area contributed by atoms with E-state index < -0.39 is 23.5 Å². The van der Waals surface area contributed by atoms with Gasteiger partial charge in [0.15, 0.2) is 5.82 Å². The van der Waals surface area contributed by atoms with Crippen LogP contribution in [0.25, 0.3) is 100 Å². The third kappa shape index (κ3) is 6.97. The highest BCUT2D eigenvalue weighted by molar-refractivity contribution is 6.12. The Kier molecular flexibility index (Phi) is 9.47. The van der Waals surface area contributed by atoms with Gasteiger partial charge < -0.3 is 9.13 Å². The summed E-state index contributed by atoms with van der Waals surface area (Å²) in [4.78, 5) is 10.2. The molecule has 0 aliphatic carbocycles. The molecule has 3 aromatic heterocycles. The molecule has 10 heteroatoms. The van der Waals surface area contributed by atoms with Crippen LogP contribution >= 0.6 is 0 Å². The smallest absolute Gasteiger partial charge is 0.309 e. The number of halogens is 6. The van der Waals surface area contributed by atoms with Crippen molar-refractivity contribution in [2.45, 2.75) is 26.2 Å². The molecule has 0 fully saturated rings. The van der Waals surface area contributed by atoms with E-state index in [1.807, 2.05) is 103 Å². The maximum Gasteiger partial charge on any atom is 0.416 e. The molecule has 0 saturated carbocycles. The number of hydrogen-bond donors (Lipinski definition) is 0. The highest BCUT2D eigenvalue weighted by atomic mass is 19.4. The summed E-state index contributed by atoms with van der Waals surface area (Å²) in [5.74, 6) is 0.555. The van der Waals surface area contributed by atoms with Gasteiger partial charge in [0.25, 0.3) is 0 Å². The van der Waals surface area contributed by atoms with Crippen molar-refractivity contribution in [2.75, 3.05) is 0 Å². The van der Waals surface area contributed by atoms with Crippen molar-refractivity contribution >= 4 is 43.6 Å². The fourth-order valence-electron chi connectivity index (χ4n) is 9.21. The zero-order valence-corrected chi connectivity index (χ0v) is 35.4. The van der Waals surface area contributed by atoms with Crippen molar-refractivity contribution in [1.82, 2.24) is 19.1 Å². The first kappa shape index (κ1) is 40.8. The normalized spacial score (nSPS) is 12.2. The van der Waals surface area contributed by atoms with Crippen LogP contribution in [0, 0.1) is 13.8 Å². The predicted molar refractivity (Wildman–Crippen MR) is 252 cm³/mol. The van der Waals surface area contributed by atoms with Gasteiger partial charge in [-0.15, -0.1) is 0 Å². The third-order valence-electron chi connectivity index (χ3n) is 12.3. The molecule has 11 rings (SSSR count). The summed E-state index contributed by atoms with van der Waals surface area (Å²) >= 11 is 0. The van der Waals surface area contributed by atoms with E-state index in [-0.39, 0.29) is 10.8 Å². The van der Waals surface area contributed by atoms with Crippen LogP contribution in [0.5, 0.6) is 0 Å². The second-order valence-corrected chi connectivity index (χ2v) is 16.6. The largest absolute Gasteiger partial charge is 0.416 e. The van der Waals surface area contributed by atoms with Gasteiger partial charge in [0.05, 0.1) is 56.0 Å². The number of alkyl halides is 6. The first-order chi connectivity index (χ1) is 31.8. The maximum absolute atomic E-state index is 14.2. The van der Waals surface area contributed by atoms with Crippen LogP contribution < -0.4 is 0 Å². The number of fused-ring (bicyclic) bond motifs is 6. The quantitative estimate of drug-likeness (QED) is 0.156. The number of aryl methyl sites for hydroxylation is 2. The summed E-state index contributed by atoms with van der Waals surface area (Å²) < 4.78 is 89.3. The fourth-order valence-corrected chi connectivity index (χ4v) is 9.21. The Bertz CT molecular complexity index is 3510. The van der Waals surface area contributed by atoms with E-state index in [0.29, 0.717) is 33.8 Å². The zero-order valence-electron chi connectivity index (χ0n) is 35.4. The van der Waals surface area contributed by atoms with E-state index in [1.54, 1.807) is 4.57 Å². The Morgan fingerprint density at radius 1 is 0.364 bits per heavy atom. The number of nitrogens with zero attached hydrogens (tertiary/aromatic N) is 4. The van der Waals surface area contributed by atoms with E-state index in [9.17, 15) is 26.3 Å². The second kappa shape index (κ2) is 15.3. The standard InChI is InChI=1S/C56H36F6N4/c1-33-17-23-49-42(27-33)43-28-34(2)18-24-50(43)66(49)53-29-37(47-32-46(35-11-5-3-6-12-35)63-54(64-47)36-13-7-4-8-14-36)19-22-41(53)40-15-9-10-16-48(40)65-51-25-20-38(55(57,58)59)30-44(51)45-31-39(56(60,61)62)21-26-52(45)65/h3-32H,1-2H3. The first-order valence-corrected chi connectivity index (χ1v) is 21.3. The van der Waals surface area contributed by atoms with Crippen molar-refractivity contribution in [2.24, 2.45) is 0 Å². The molecule has 0 spiro atoms. The Morgan fingerprint density at radius 3 is 1.35 bits per heavy atom. The maximum atomic E-state index is 14.2. The molecule has 0 N–H and O–H groups in total. The molecule has 0 bridgehead atoms. The van der Waals surface area contributed by atoms with Gasteiger partial charge in [0.2, 0.25) is 0 Å². The van der Waals surface area contributed by atoms with Crippen LogP contribution in [0.15, 0.2) is 182 Å². The van der Waals surface area contributed by atoms with Gasteiger partial charge >= 0.3 is 12.4 Å². The lowest BCUT2D eigenvalue weighted by Crippen LogP contribution is -2.05. The number of rotatable bonds is 6. The molecule has 8 aromatic carbocycles. The molecular weight excluding hydrogens is 843 g/mol. The lowest BCUT2D eigenvalue weighted by Gasteiger charge is -2.20. The Hall–Kier alpha value is -7.98. The molecule has 0 saturated heterocycles. The van der Waals surface area contributed by atoms with Crippen molar-refractivity contribution < 1.29 is 26.3 Å².